The zero-order valence-corrected chi connectivity index (χ0v) is 11.3. The number of carbonyl (C=O) groups excluding carboxylic acids is 1. The van der Waals surface area contributed by atoms with Crippen molar-refractivity contribution in [2.24, 2.45) is 0 Å². The highest BCUT2D eigenvalue weighted by molar-refractivity contribution is 5.71. The van der Waals surface area contributed by atoms with E-state index >= 15 is 0 Å². The van der Waals surface area contributed by atoms with Crippen LogP contribution in [0.1, 0.15) is 45.4 Å². The number of ether oxygens (including phenoxy) is 1. The highest BCUT2D eigenvalue weighted by Gasteiger charge is 2.11. The molecule has 0 amide bonds. The van der Waals surface area contributed by atoms with Crippen LogP contribution in [0.5, 0.6) is 0 Å². The van der Waals surface area contributed by atoms with Crippen LogP contribution in [0.3, 0.4) is 0 Å². The van der Waals surface area contributed by atoms with Crippen LogP contribution in [0.25, 0.3) is 0 Å². The van der Waals surface area contributed by atoms with Gasteiger partial charge in [-0.3, -0.25) is 4.79 Å². The molecule has 0 atom stereocenters. The summed E-state index contributed by atoms with van der Waals surface area (Å²) < 4.78 is 6.88. The Labute approximate surface area is 108 Å². The minimum Gasteiger partial charge on any atom is -0.466 e. The SMILES string of the molecule is CCCCCCn1cc(N)nc1CC(=O)OCC. The number of hydrogen-bond acceptors (Lipinski definition) is 4. The predicted molar refractivity (Wildman–Crippen MR) is 71.1 cm³/mol. The van der Waals surface area contributed by atoms with E-state index in [-0.39, 0.29) is 12.4 Å². The van der Waals surface area contributed by atoms with Gasteiger partial charge in [0.15, 0.2) is 0 Å². The zero-order valence-electron chi connectivity index (χ0n) is 11.3. The number of nitrogens with zero attached hydrogens (tertiary/aromatic N) is 2. The van der Waals surface area contributed by atoms with Crippen molar-refractivity contribution in [3.05, 3.63) is 12.0 Å². The van der Waals surface area contributed by atoms with Crippen LogP contribution in [-0.2, 0) is 22.5 Å². The van der Waals surface area contributed by atoms with Gasteiger partial charge in [-0.25, -0.2) is 4.98 Å². The molecule has 1 aromatic rings. The fraction of sp³-hybridized carbons (Fsp3) is 0.692. The maximum absolute atomic E-state index is 11.4. The quantitative estimate of drug-likeness (QED) is 0.569. The highest BCUT2D eigenvalue weighted by atomic mass is 16.5. The largest absolute Gasteiger partial charge is 0.466 e. The number of rotatable bonds is 8. The molecule has 2 N–H and O–H groups in total. The van der Waals surface area contributed by atoms with Gasteiger partial charge in [0.25, 0.3) is 0 Å². The van der Waals surface area contributed by atoms with E-state index in [9.17, 15) is 4.79 Å². The van der Waals surface area contributed by atoms with Crippen molar-refractivity contribution in [2.45, 2.75) is 52.5 Å². The van der Waals surface area contributed by atoms with Gasteiger partial charge >= 0.3 is 5.97 Å². The summed E-state index contributed by atoms with van der Waals surface area (Å²) >= 11 is 0. The standard InChI is InChI=1S/C13H23N3O2/c1-3-5-6-7-8-16-10-11(14)15-12(16)9-13(17)18-4-2/h10H,3-9,14H2,1-2H3. The summed E-state index contributed by atoms with van der Waals surface area (Å²) in [6.45, 7) is 5.23. The lowest BCUT2D eigenvalue weighted by atomic mass is 10.2. The molecule has 0 aromatic carbocycles. The number of aryl methyl sites for hydroxylation is 1. The molecular weight excluding hydrogens is 230 g/mol. The van der Waals surface area contributed by atoms with Gasteiger partial charge in [0.1, 0.15) is 18.1 Å². The molecule has 0 aliphatic heterocycles. The molecule has 0 saturated heterocycles. The van der Waals surface area contributed by atoms with Gasteiger partial charge in [0, 0.05) is 12.7 Å². The van der Waals surface area contributed by atoms with Crippen LogP contribution < -0.4 is 5.73 Å². The number of aromatic nitrogens is 2. The Morgan fingerprint density at radius 1 is 1.39 bits per heavy atom. The molecule has 5 heteroatoms. The molecular formula is C13H23N3O2. The lowest BCUT2D eigenvalue weighted by molar-refractivity contribution is -0.142. The van der Waals surface area contributed by atoms with Crippen LogP contribution in [0.15, 0.2) is 6.20 Å². The summed E-state index contributed by atoms with van der Waals surface area (Å²) in [7, 11) is 0. The number of esters is 1. The maximum Gasteiger partial charge on any atom is 0.313 e. The highest BCUT2D eigenvalue weighted by Crippen LogP contribution is 2.09. The van der Waals surface area contributed by atoms with E-state index in [4.69, 9.17) is 10.5 Å². The molecule has 1 aromatic heterocycles. The normalized spacial score (nSPS) is 10.6. The Morgan fingerprint density at radius 3 is 2.83 bits per heavy atom. The van der Waals surface area contributed by atoms with Crippen molar-refractivity contribution < 1.29 is 9.53 Å². The number of anilines is 1. The topological polar surface area (TPSA) is 70.1 Å². The van der Waals surface area contributed by atoms with Gasteiger partial charge in [-0.1, -0.05) is 26.2 Å². The average Bonchev–Trinajstić information content (AvgIpc) is 2.65. The van der Waals surface area contributed by atoms with E-state index in [1.807, 2.05) is 4.57 Å². The summed E-state index contributed by atoms with van der Waals surface area (Å²) in [5, 5.41) is 0. The van der Waals surface area contributed by atoms with Gasteiger partial charge in [0.05, 0.1) is 6.61 Å². The van der Waals surface area contributed by atoms with E-state index in [0.29, 0.717) is 18.2 Å². The number of carbonyl (C=O) groups is 1. The second-order valence-electron chi connectivity index (χ2n) is 4.32. The van der Waals surface area contributed by atoms with Crippen molar-refractivity contribution in [1.29, 1.82) is 0 Å². The Kier molecular flexibility index (Phi) is 6.25. The molecule has 0 spiro atoms. The Hall–Kier alpha value is -1.52. The molecule has 0 fully saturated rings. The summed E-state index contributed by atoms with van der Waals surface area (Å²) in [5.74, 6) is 0.908. The summed E-state index contributed by atoms with van der Waals surface area (Å²) in [6, 6.07) is 0. The molecule has 1 rings (SSSR count). The molecule has 0 unspecified atom stereocenters. The molecule has 0 bridgehead atoms. The van der Waals surface area contributed by atoms with Gasteiger partial charge in [0.2, 0.25) is 0 Å². The monoisotopic (exact) mass is 253 g/mol. The minimum absolute atomic E-state index is 0.193. The molecule has 102 valence electrons. The summed E-state index contributed by atoms with van der Waals surface area (Å²) in [5.41, 5.74) is 5.68. The fourth-order valence-corrected chi connectivity index (χ4v) is 1.86. The van der Waals surface area contributed by atoms with Crippen LogP contribution in [0, 0.1) is 0 Å². The maximum atomic E-state index is 11.4. The third kappa shape index (κ3) is 4.77. The van der Waals surface area contributed by atoms with E-state index in [2.05, 4.69) is 11.9 Å². The third-order valence-electron chi connectivity index (χ3n) is 2.74. The summed E-state index contributed by atoms with van der Waals surface area (Å²) in [6.07, 6.45) is 6.70. The van der Waals surface area contributed by atoms with Crippen molar-refractivity contribution in [3.63, 3.8) is 0 Å². The van der Waals surface area contributed by atoms with Crippen molar-refractivity contribution in [2.75, 3.05) is 12.3 Å². The zero-order chi connectivity index (χ0) is 13.4. The first-order valence-electron chi connectivity index (χ1n) is 6.64. The lowest BCUT2D eigenvalue weighted by Crippen LogP contribution is -2.12. The van der Waals surface area contributed by atoms with Crippen molar-refractivity contribution >= 4 is 11.8 Å². The molecule has 0 aliphatic rings. The number of hydrogen-bond donors (Lipinski definition) is 1. The van der Waals surface area contributed by atoms with Gasteiger partial charge in [-0.2, -0.15) is 0 Å². The predicted octanol–water partition coefficient (Wildman–Crippen LogP) is 2.15. The van der Waals surface area contributed by atoms with Crippen LogP contribution in [-0.4, -0.2) is 22.1 Å². The van der Waals surface area contributed by atoms with Crippen LogP contribution >= 0.6 is 0 Å². The number of imidazole rings is 1. The molecule has 0 saturated carbocycles. The van der Waals surface area contributed by atoms with Crippen LogP contribution in [0.4, 0.5) is 5.82 Å². The van der Waals surface area contributed by atoms with E-state index in [1.54, 1.807) is 13.1 Å². The van der Waals surface area contributed by atoms with E-state index in [0.717, 1.165) is 13.0 Å². The number of nitrogen functional groups attached to an aromatic ring is 1. The first-order chi connectivity index (χ1) is 8.67. The lowest BCUT2D eigenvalue weighted by Gasteiger charge is -2.07. The van der Waals surface area contributed by atoms with Gasteiger partial charge in [-0.05, 0) is 13.3 Å². The molecule has 0 aliphatic carbocycles. The second kappa shape index (κ2) is 7.74. The van der Waals surface area contributed by atoms with Gasteiger partial charge in [-0.15, -0.1) is 0 Å². The van der Waals surface area contributed by atoms with Crippen molar-refractivity contribution in [1.82, 2.24) is 9.55 Å². The average molecular weight is 253 g/mol. The summed E-state index contributed by atoms with van der Waals surface area (Å²) in [4.78, 5) is 15.6. The third-order valence-corrected chi connectivity index (χ3v) is 2.74. The van der Waals surface area contributed by atoms with E-state index < -0.39 is 0 Å². The molecule has 0 radical (unpaired) electrons. The molecule has 18 heavy (non-hydrogen) atoms. The van der Waals surface area contributed by atoms with Crippen LogP contribution in [0.2, 0.25) is 0 Å². The second-order valence-corrected chi connectivity index (χ2v) is 4.32. The van der Waals surface area contributed by atoms with E-state index in [1.165, 1.54) is 19.3 Å². The Bertz CT molecular complexity index is 374. The smallest absolute Gasteiger partial charge is 0.313 e. The van der Waals surface area contributed by atoms with Crippen molar-refractivity contribution in [3.8, 4) is 0 Å². The Morgan fingerprint density at radius 2 is 2.17 bits per heavy atom. The Balaban J connectivity index is 2.53. The van der Waals surface area contributed by atoms with Gasteiger partial charge < -0.3 is 15.0 Å². The minimum atomic E-state index is -0.252. The first kappa shape index (κ1) is 14.5. The number of nitrogens with two attached hydrogens (primary N) is 1. The molecule has 1 heterocycles. The first-order valence-corrected chi connectivity index (χ1v) is 6.64. The molecule has 5 nitrogen and oxygen atoms in total. The number of unbranched alkanes of at least 4 members (excludes halogenated alkanes) is 3. The fourth-order valence-electron chi connectivity index (χ4n) is 1.86.